The van der Waals surface area contributed by atoms with E-state index in [9.17, 15) is 14.3 Å². The van der Waals surface area contributed by atoms with Crippen LogP contribution in [0.4, 0.5) is 4.39 Å². The fraction of sp³-hybridized carbons (Fsp3) is 0.474. The van der Waals surface area contributed by atoms with Gasteiger partial charge in [-0.2, -0.15) is 5.10 Å². The fourth-order valence-electron chi connectivity index (χ4n) is 3.25. The van der Waals surface area contributed by atoms with E-state index in [1.54, 1.807) is 29.1 Å². The molecule has 0 saturated heterocycles. The van der Waals surface area contributed by atoms with Gasteiger partial charge in [0.25, 0.3) is 0 Å². The van der Waals surface area contributed by atoms with Gasteiger partial charge < -0.3 is 10.4 Å². The normalized spacial score (nSPS) is 17.0. The molecule has 0 aliphatic heterocycles. The number of rotatable bonds is 5. The van der Waals surface area contributed by atoms with Crippen LogP contribution < -0.4 is 5.32 Å². The second-order valence-electron chi connectivity index (χ2n) is 6.82. The summed E-state index contributed by atoms with van der Waals surface area (Å²) >= 11 is 0. The van der Waals surface area contributed by atoms with Crippen LogP contribution in [0.3, 0.4) is 0 Å². The van der Waals surface area contributed by atoms with Crippen molar-refractivity contribution in [2.24, 2.45) is 0 Å². The Labute approximate surface area is 146 Å². The molecule has 0 bridgehead atoms. The van der Waals surface area contributed by atoms with Gasteiger partial charge in [-0.3, -0.25) is 4.79 Å². The number of aliphatic hydroxyl groups is 1. The molecule has 1 saturated carbocycles. The first-order chi connectivity index (χ1) is 12.0. The molecule has 0 atom stereocenters. The molecule has 2 aromatic rings. The molecule has 1 aromatic carbocycles. The summed E-state index contributed by atoms with van der Waals surface area (Å²) in [6.45, 7) is 0.296. The van der Waals surface area contributed by atoms with Crippen LogP contribution in [0, 0.1) is 5.82 Å². The van der Waals surface area contributed by atoms with E-state index in [0.29, 0.717) is 12.2 Å². The largest absolute Gasteiger partial charge is 0.388 e. The maximum atomic E-state index is 13.0. The summed E-state index contributed by atoms with van der Waals surface area (Å²) in [5.74, 6) is -0.450. The SMILES string of the molecule is O=C(Cc1ccn(-c2ccc(F)cc2)n1)NCC1(O)CCCCCC1. The van der Waals surface area contributed by atoms with E-state index in [-0.39, 0.29) is 18.1 Å². The van der Waals surface area contributed by atoms with Crippen molar-refractivity contribution in [1.82, 2.24) is 15.1 Å². The van der Waals surface area contributed by atoms with Crippen molar-refractivity contribution in [2.75, 3.05) is 6.54 Å². The predicted molar refractivity (Wildman–Crippen MR) is 92.9 cm³/mol. The number of amides is 1. The summed E-state index contributed by atoms with van der Waals surface area (Å²) in [6.07, 6.45) is 7.70. The molecule has 6 heteroatoms. The molecule has 134 valence electrons. The maximum absolute atomic E-state index is 13.0. The Balaban J connectivity index is 1.54. The summed E-state index contributed by atoms with van der Waals surface area (Å²) in [6, 6.07) is 7.78. The van der Waals surface area contributed by atoms with E-state index >= 15 is 0 Å². The third kappa shape index (κ3) is 4.89. The first-order valence-corrected chi connectivity index (χ1v) is 8.84. The smallest absolute Gasteiger partial charge is 0.226 e. The Kier molecular flexibility index (Phi) is 5.48. The molecule has 0 radical (unpaired) electrons. The monoisotopic (exact) mass is 345 g/mol. The lowest BCUT2D eigenvalue weighted by molar-refractivity contribution is -0.121. The molecule has 1 fully saturated rings. The van der Waals surface area contributed by atoms with Crippen LogP contribution in [-0.2, 0) is 11.2 Å². The van der Waals surface area contributed by atoms with E-state index < -0.39 is 5.60 Å². The summed E-state index contributed by atoms with van der Waals surface area (Å²) in [5, 5.41) is 17.8. The van der Waals surface area contributed by atoms with Crippen molar-refractivity contribution < 1.29 is 14.3 Å². The lowest BCUT2D eigenvalue weighted by Gasteiger charge is -2.26. The molecule has 1 amide bonds. The Hall–Kier alpha value is -2.21. The minimum atomic E-state index is -0.778. The number of carbonyl (C=O) groups is 1. The zero-order valence-corrected chi connectivity index (χ0v) is 14.2. The van der Waals surface area contributed by atoms with E-state index in [1.807, 2.05) is 0 Å². The number of carbonyl (C=O) groups excluding carboxylic acids is 1. The second kappa shape index (κ2) is 7.78. The van der Waals surface area contributed by atoms with E-state index in [0.717, 1.165) is 44.2 Å². The Bertz CT molecular complexity index is 704. The summed E-state index contributed by atoms with van der Waals surface area (Å²) < 4.78 is 14.6. The molecule has 1 aromatic heterocycles. The van der Waals surface area contributed by atoms with Gasteiger partial charge in [0.15, 0.2) is 0 Å². The van der Waals surface area contributed by atoms with Crippen molar-refractivity contribution in [3.8, 4) is 5.69 Å². The van der Waals surface area contributed by atoms with Gasteiger partial charge in [-0.15, -0.1) is 0 Å². The number of hydrogen-bond acceptors (Lipinski definition) is 3. The highest BCUT2D eigenvalue weighted by atomic mass is 19.1. The molecule has 1 aliphatic rings. The van der Waals surface area contributed by atoms with E-state index in [1.165, 1.54) is 12.1 Å². The predicted octanol–water partition coefficient (Wildman–Crippen LogP) is 2.76. The van der Waals surface area contributed by atoms with Gasteiger partial charge in [0, 0.05) is 12.7 Å². The zero-order valence-electron chi connectivity index (χ0n) is 14.2. The molecule has 0 spiro atoms. The van der Waals surface area contributed by atoms with Gasteiger partial charge in [-0.05, 0) is 43.2 Å². The number of hydrogen-bond donors (Lipinski definition) is 2. The minimum Gasteiger partial charge on any atom is -0.388 e. The molecule has 25 heavy (non-hydrogen) atoms. The Morgan fingerprint density at radius 1 is 1.16 bits per heavy atom. The number of nitrogens with one attached hydrogen (secondary N) is 1. The van der Waals surface area contributed by atoms with Crippen LogP contribution in [0.2, 0.25) is 0 Å². The van der Waals surface area contributed by atoms with Gasteiger partial charge in [0.1, 0.15) is 5.82 Å². The van der Waals surface area contributed by atoms with Crippen LogP contribution >= 0.6 is 0 Å². The molecular formula is C19H24FN3O2. The van der Waals surface area contributed by atoms with Gasteiger partial charge in [0.2, 0.25) is 5.91 Å². The van der Waals surface area contributed by atoms with Crippen molar-refractivity contribution in [3.63, 3.8) is 0 Å². The highest BCUT2D eigenvalue weighted by Crippen LogP contribution is 2.26. The zero-order chi connectivity index (χ0) is 17.7. The average molecular weight is 345 g/mol. The molecule has 1 heterocycles. The summed E-state index contributed by atoms with van der Waals surface area (Å²) in [7, 11) is 0. The molecule has 5 nitrogen and oxygen atoms in total. The lowest BCUT2D eigenvalue weighted by Crippen LogP contribution is -2.43. The van der Waals surface area contributed by atoms with E-state index in [4.69, 9.17) is 0 Å². The number of aromatic nitrogens is 2. The molecule has 0 unspecified atom stereocenters. The number of halogens is 1. The Morgan fingerprint density at radius 3 is 2.52 bits per heavy atom. The third-order valence-corrected chi connectivity index (χ3v) is 4.73. The maximum Gasteiger partial charge on any atom is 0.226 e. The van der Waals surface area contributed by atoms with Crippen LogP contribution in [0.15, 0.2) is 36.5 Å². The van der Waals surface area contributed by atoms with Crippen molar-refractivity contribution in [2.45, 2.75) is 50.5 Å². The van der Waals surface area contributed by atoms with Crippen molar-refractivity contribution in [1.29, 1.82) is 0 Å². The summed E-state index contributed by atoms with van der Waals surface area (Å²) in [5.41, 5.74) is 0.593. The highest BCUT2D eigenvalue weighted by Gasteiger charge is 2.28. The first kappa shape index (κ1) is 17.6. The second-order valence-corrected chi connectivity index (χ2v) is 6.82. The van der Waals surface area contributed by atoms with Gasteiger partial charge >= 0.3 is 0 Å². The number of benzene rings is 1. The van der Waals surface area contributed by atoms with Crippen LogP contribution in [0.25, 0.3) is 5.69 Å². The molecular weight excluding hydrogens is 321 g/mol. The number of nitrogens with zero attached hydrogens (tertiary/aromatic N) is 2. The molecule has 1 aliphatic carbocycles. The minimum absolute atomic E-state index is 0.151. The highest BCUT2D eigenvalue weighted by molar-refractivity contribution is 5.78. The lowest BCUT2D eigenvalue weighted by atomic mass is 9.94. The average Bonchev–Trinajstić information content (AvgIpc) is 2.94. The Morgan fingerprint density at radius 2 is 1.84 bits per heavy atom. The summed E-state index contributed by atoms with van der Waals surface area (Å²) in [4.78, 5) is 12.2. The fourth-order valence-corrected chi connectivity index (χ4v) is 3.25. The van der Waals surface area contributed by atoms with Crippen LogP contribution in [-0.4, -0.2) is 32.9 Å². The first-order valence-electron chi connectivity index (χ1n) is 8.84. The van der Waals surface area contributed by atoms with Crippen molar-refractivity contribution >= 4 is 5.91 Å². The topological polar surface area (TPSA) is 67.2 Å². The van der Waals surface area contributed by atoms with Crippen molar-refractivity contribution in [3.05, 3.63) is 48.0 Å². The quantitative estimate of drug-likeness (QED) is 0.819. The molecule has 2 N–H and O–H groups in total. The van der Waals surface area contributed by atoms with Gasteiger partial charge in [0.05, 0.1) is 23.4 Å². The van der Waals surface area contributed by atoms with E-state index in [2.05, 4.69) is 10.4 Å². The standard InChI is InChI=1S/C19H24FN3O2/c20-15-5-7-17(8-6-15)23-12-9-16(22-23)13-18(24)21-14-19(25)10-3-1-2-4-11-19/h5-9,12,25H,1-4,10-11,13-14H2,(H,21,24). The van der Waals surface area contributed by atoms with Gasteiger partial charge in [-0.25, -0.2) is 9.07 Å². The van der Waals surface area contributed by atoms with Gasteiger partial charge in [-0.1, -0.05) is 25.7 Å². The van der Waals surface area contributed by atoms with Crippen LogP contribution in [0.5, 0.6) is 0 Å². The van der Waals surface area contributed by atoms with Crippen LogP contribution in [0.1, 0.15) is 44.2 Å². The third-order valence-electron chi connectivity index (χ3n) is 4.73. The molecule has 3 rings (SSSR count).